The molecule has 0 spiro atoms. The normalized spacial score (nSPS) is 15.5. The zero-order valence-corrected chi connectivity index (χ0v) is 17.4. The van der Waals surface area contributed by atoms with Gasteiger partial charge >= 0.3 is 0 Å². The highest BCUT2D eigenvalue weighted by Gasteiger charge is 2.37. The summed E-state index contributed by atoms with van der Waals surface area (Å²) < 4.78 is 34.3. The summed E-state index contributed by atoms with van der Waals surface area (Å²) in [5.74, 6) is 1.14. The fraction of sp³-hybridized carbons (Fsp3) is 0.286. The van der Waals surface area contributed by atoms with Crippen molar-refractivity contribution in [2.45, 2.75) is 43.6 Å². The van der Waals surface area contributed by atoms with Crippen LogP contribution < -0.4 is 9.88 Å². The van der Waals surface area contributed by atoms with E-state index in [0.29, 0.717) is 34.7 Å². The van der Waals surface area contributed by atoms with Crippen molar-refractivity contribution in [2.75, 3.05) is 0 Å². The van der Waals surface area contributed by atoms with Gasteiger partial charge in [0, 0.05) is 11.1 Å². The van der Waals surface area contributed by atoms with Crippen LogP contribution in [0.5, 0.6) is 5.75 Å². The maximum atomic E-state index is 12.7. The lowest BCUT2D eigenvalue weighted by Gasteiger charge is -2.36. The number of primary sulfonamides is 1. The van der Waals surface area contributed by atoms with Crippen LogP contribution in [-0.2, 0) is 10.0 Å². The summed E-state index contributed by atoms with van der Waals surface area (Å²) in [5, 5.41) is 9.06. The molecule has 0 saturated carbocycles. The van der Waals surface area contributed by atoms with Gasteiger partial charge in [-0.1, -0.05) is 19.0 Å². The lowest BCUT2D eigenvalue weighted by atomic mass is 9.85. The number of ether oxygens (including phenoxy) is 1. The maximum absolute atomic E-state index is 12.7. The van der Waals surface area contributed by atoms with E-state index in [1.165, 1.54) is 12.1 Å². The smallest absolute Gasteiger partial charge is 0.258 e. The number of carbonyl (C=O) groups excluding carboxylic acids is 1. The van der Waals surface area contributed by atoms with Crippen molar-refractivity contribution in [3.05, 3.63) is 48.0 Å². The summed E-state index contributed by atoms with van der Waals surface area (Å²) >= 11 is 0. The standard InChI is InChI=1S/C21H21N3O5S/c1-3-21(4-2)12-17(25)16-11-14(7-10-18(16)28-21)20-23-19(24-29-20)13-5-8-15(9-6-13)30(22,26)27/h5-11H,3-4,12H2,1-2H3,(H2,22,26,27). The number of carbonyl (C=O) groups is 1. The molecule has 1 aliphatic rings. The van der Waals surface area contributed by atoms with Crippen molar-refractivity contribution < 1.29 is 22.5 Å². The Balaban J connectivity index is 1.63. The molecule has 0 bridgehead atoms. The molecule has 1 aliphatic heterocycles. The van der Waals surface area contributed by atoms with Gasteiger partial charge in [0.25, 0.3) is 5.89 Å². The van der Waals surface area contributed by atoms with Crippen LogP contribution in [0.3, 0.4) is 0 Å². The van der Waals surface area contributed by atoms with E-state index in [4.69, 9.17) is 14.4 Å². The highest BCUT2D eigenvalue weighted by atomic mass is 32.2. The summed E-state index contributed by atoms with van der Waals surface area (Å²) in [6.45, 7) is 4.04. The predicted octanol–water partition coefficient (Wildman–Crippen LogP) is 3.58. The molecular weight excluding hydrogens is 406 g/mol. The number of hydrogen-bond acceptors (Lipinski definition) is 7. The molecular formula is C21H21N3O5S. The zero-order valence-electron chi connectivity index (χ0n) is 16.6. The second-order valence-corrected chi connectivity index (χ2v) is 8.86. The van der Waals surface area contributed by atoms with Crippen LogP contribution in [0.2, 0.25) is 0 Å². The number of nitrogens with zero attached hydrogens (tertiary/aromatic N) is 2. The minimum absolute atomic E-state index is 0.00148. The fourth-order valence-electron chi connectivity index (χ4n) is 3.52. The summed E-state index contributed by atoms with van der Waals surface area (Å²) in [7, 11) is -3.77. The Morgan fingerprint density at radius 3 is 2.37 bits per heavy atom. The first-order chi connectivity index (χ1) is 14.2. The molecule has 0 aliphatic carbocycles. The molecule has 0 atom stereocenters. The first-order valence-corrected chi connectivity index (χ1v) is 11.1. The Bertz CT molecular complexity index is 1210. The van der Waals surface area contributed by atoms with Crippen LogP contribution in [0, 0.1) is 0 Å². The SMILES string of the molecule is CCC1(CC)CC(=O)c2cc(-c3nc(-c4ccc(S(N)(=O)=O)cc4)no3)ccc2O1. The van der Waals surface area contributed by atoms with Gasteiger partial charge in [-0.25, -0.2) is 13.6 Å². The molecule has 0 fully saturated rings. The van der Waals surface area contributed by atoms with Crippen molar-refractivity contribution in [3.63, 3.8) is 0 Å². The lowest BCUT2D eigenvalue weighted by molar-refractivity contribution is 0.0350. The van der Waals surface area contributed by atoms with Gasteiger partial charge in [0.15, 0.2) is 5.78 Å². The number of nitrogens with two attached hydrogens (primary N) is 1. The number of aromatic nitrogens is 2. The summed E-state index contributed by atoms with van der Waals surface area (Å²) in [4.78, 5) is 17.1. The lowest BCUT2D eigenvalue weighted by Crippen LogP contribution is -2.40. The van der Waals surface area contributed by atoms with Crippen molar-refractivity contribution in [3.8, 4) is 28.6 Å². The van der Waals surface area contributed by atoms with Crippen LogP contribution in [0.4, 0.5) is 0 Å². The molecule has 30 heavy (non-hydrogen) atoms. The van der Waals surface area contributed by atoms with Crippen LogP contribution in [-0.4, -0.2) is 29.9 Å². The molecule has 2 heterocycles. The third-order valence-corrected chi connectivity index (χ3v) is 6.42. The minimum atomic E-state index is -3.77. The van der Waals surface area contributed by atoms with Crippen molar-refractivity contribution in [1.82, 2.24) is 10.1 Å². The molecule has 0 radical (unpaired) electrons. The van der Waals surface area contributed by atoms with Gasteiger partial charge in [-0.2, -0.15) is 4.98 Å². The highest BCUT2D eigenvalue weighted by molar-refractivity contribution is 7.89. The number of benzene rings is 2. The van der Waals surface area contributed by atoms with Crippen molar-refractivity contribution in [2.24, 2.45) is 5.14 Å². The molecule has 3 aromatic rings. The van der Waals surface area contributed by atoms with E-state index in [1.807, 2.05) is 13.8 Å². The van der Waals surface area contributed by atoms with Crippen LogP contribution in [0.15, 0.2) is 51.9 Å². The van der Waals surface area contributed by atoms with Gasteiger partial charge in [0.2, 0.25) is 15.8 Å². The fourth-order valence-corrected chi connectivity index (χ4v) is 4.04. The quantitative estimate of drug-likeness (QED) is 0.659. The monoisotopic (exact) mass is 427 g/mol. The number of rotatable bonds is 5. The third kappa shape index (κ3) is 3.61. The van der Waals surface area contributed by atoms with Crippen LogP contribution in [0.1, 0.15) is 43.5 Å². The number of sulfonamides is 1. The number of Topliss-reactive ketones (excluding diaryl/α,β-unsaturated/α-hetero) is 1. The van der Waals surface area contributed by atoms with Crippen molar-refractivity contribution in [1.29, 1.82) is 0 Å². The first kappa shape index (κ1) is 20.2. The molecule has 9 heteroatoms. The molecule has 4 rings (SSSR count). The van der Waals surface area contributed by atoms with Gasteiger partial charge in [0.05, 0.1) is 16.9 Å². The molecule has 0 amide bonds. The second kappa shape index (κ2) is 7.33. The summed E-state index contributed by atoms with van der Waals surface area (Å²) in [6, 6.07) is 11.1. The molecule has 8 nitrogen and oxygen atoms in total. The largest absolute Gasteiger partial charge is 0.486 e. The summed E-state index contributed by atoms with van der Waals surface area (Å²) in [5.41, 5.74) is 1.23. The third-order valence-electron chi connectivity index (χ3n) is 5.49. The molecule has 156 valence electrons. The topological polar surface area (TPSA) is 125 Å². The number of hydrogen-bond donors (Lipinski definition) is 1. The average molecular weight is 427 g/mol. The first-order valence-electron chi connectivity index (χ1n) is 9.58. The Labute approximate surface area is 174 Å². The molecule has 2 aromatic carbocycles. The van der Waals surface area contributed by atoms with E-state index in [2.05, 4.69) is 10.1 Å². The Morgan fingerprint density at radius 2 is 1.73 bits per heavy atom. The molecule has 2 N–H and O–H groups in total. The van der Waals surface area contributed by atoms with E-state index >= 15 is 0 Å². The molecule has 1 aromatic heterocycles. The molecule has 0 unspecified atom stereocenters. The van der Waals surface area contributed by atoms with Crippen LogP contribution in [0.25, 0.3) is 22.8 Å². The number of ketones is 1. The van der Waals surface area contributed by atoms with Gasteiger partial charge in [-0.3, -0.25) is 4.79 Å². The van der Waals surface area contributed by atoms with Crippen molar-refractivity contribution >= 4 is 15.8 Å². The summed E-state index contributed by atoms with van der Waals surface area (Å²) in [6.07, 6.45) is 1.85. The van der Waals surface area contributed by atoms with E-state index in [1.54, 1.807) is 30.3 Å². The highest BCUT2D eigenvalue weighted by Crippen LogP contribution is 2.39. The average Bonchev–Trinajstić information content (AvgIpc) is 3.23. The minimum Gasteiger partial charge on any atom is -0.486 e. The van der Waals surface area contributed by atoms with E-state index in [9.17, 15) is 13.2 Å². The van der Waals surface area contributed by atoms with Gasteiger partial charge < -0.3 is 9.26 Å². The van der Waals surface area contributed by atoms with E-state index in [-0.39, 0.29) is 16.6 Å². The Kier molecular flexibility index (Phi) is 4.95. The van der Waals surface area contributed by atoms with E-state index in [0.717, 1.165) is 12.8 Å². The zero-order chi connectivity index (χ0) is 21.5. The maximum Gasteiger partial charge on any atom is 0.258 e. The predicted molar refractivity (Wildman–Crippen MR) is 109 cm³/mol. The Hall–Kier alpha value is -3.04. The van der Waals surface area contributed by atoms with Gasteiger partial charge in [-0.05, 0) is 55.3 Å². The van der Waals surface area contributed by atoms with Gasteiger partial charge in [-0.15, -0.1) is 0 Å². The van der Waals surface area contributed by atoms with Gasteiger partial charge in [0.1, 0.15) is 11.4 Å². The molecule has 0 saturated heterocycles. The van der Waals surface area contributed by atoms with Crippen LogP contribution >= 0.6 is 0 Å². The van der Waals surface area contributed by atoms with E-state index < -0.39 is 15.6 Å². The second-order valence-electron chi connectivity index (χ2n) is 7.30. The number of fused-ring (bicyclic) bond motifs is 1. The Morgan fingerprint density at radius 1 is 1.07 bits per heavy atom.